The van der Waals surface area contributed by atoms with E-state index < -0.39 is 0 Å². The second-order valence-electron chi connectivity index (χ2n) is 5.71. The predicted molar refractivity (Wildman–Crippen MR) is 74.6 cm³/mol. The zero-order chi connectivity index (χ0) is 13.9. The van der Waals surface area contributed by atoms with E-state index in [4.69, 9.17) is 0 Å². The number of aromatic nitrogens is 1. The van der Waals surface area contributed by atoms with E-state index in [1.54, 1.807) is 6.20 Å². The van der Waals surface area contributed by atoms with Gasteiger partial charge in [-0.3, -0.25) is 14.7 Å². The monoisotopic (exact) mass is 262 g/mol. The van der Waals surface area contributed by atoms with Crippen molar-refractivity contribution in [3.8, 4) is 0 Å². The molecule has 1 aliphatic rings. The van der Waals surface area contributed by atoms with Crippen molar-refractivity contribution in [2.45, 2.75) is 32.0 Å². The van der Waals surface area contributed by atoms with Gasteiger partial charge < -0.3 is 10.6 Å². The molecule has 104 valence electrons. The molecular weight excluding hydrogens is 240 g/mol. The summed E-state index contributed by atoms with van der Waals surface area (Å²) >= 11 is 0. The van der Waals surface area contributed by atoms with E-state index in [0.717, 1.165) is 18.7 Å². The van der Waals surface area contributed by atoms with Gasteiger partial charge in [-0.15, -0.1) is 0 Å². The Morgan fingerprint density at radius 3 is 3.00 bits per heavy atom. The molecule has 1 saturated heterocycles. The lowest BCUT2D eigenvalue weighted by Crippen LogP contribution is -2.66. The molecule has 0 saturated carbocycles. The van der Waals surface area contributed by atoms with Gasteiger partial charge in [-0.25, -0.2) is 0 Å². The lowest BCUT2D eigenvalue weighted by molar-refractivity contribution is -0.133. The first kappa shape index (κ1) is 14.0. The zero-order valence-corrected chi connectivity index (χ0v) is 11.8. The molecule has 2 rings (SSSR count). The van der Waals surface area contributed by atoms with E-state index in [-0.39, 0.29) is 17.5 Å². The van der Waals surface area contributed by atoms with Crippen LogP contribution in [-0.4, -0.2) is 47.5 Å². The van der Waals surface area contributed by atoms with Gasteiger partial charge in [0.25, 0.3) is 0 Å². The fraction of sp³-hybridized carbons (Fsp3) is 0.571. The molecule has 0 radical (unpaired) electrons. The molecule has 1 aliphatic heterocycles. The number of nitrogens with one attached hydrogen (secondary N) is 2. The molecule has 1 aromatic heterocycles. The maximum atomic E-state index is 12.2. The molecule has 5 heteroatoms. The first-order valence-corrected chi connectivity index (χ1v) is 6.61. The van der Waals surface area contributed by atoms with Gasteiger partial charge in [0.15, 0.2) is 0 Å². The van der Waals surface area contributed by atoms with Gasteiger partial charge in [0.2, 0.25) is 5.91 Å². The summed E-state index contributed by atoms with van der Waals surface area (Å²) in [6.07, 6.45) is 3.62. The van der Waals surface area contributed by atoms with Crippen LogP contribution in [0.15, 0.2) is 24.5 Å². The maximum Gasteiger partial charge on any atom is 0.239 e. The average Bonchev–Trinajstić information content (AvgIpc) is 2.34. The van der Waals surface area contributed by atoms with Crippen LogP contribution in [0.25, 0.3) is 0 Å². The van der Waals surface area contributed by atoms with Crippen LogP contribution in [0.3, 0.4) is 0 Å². The van der Waals surface area contributed by atoms with Gasteiger partial charge in [0.05, 0.1) is 0 Å². The van der Waals surface area contributed by atoms with E-state index in [1.165, 1.54) is 0 Å². The summed E-state index contributed by atoms with van der Waals surface area (Å²) in [4.78, 5) is 18.5. The van der Waals surface area contributed by atoms with E-state index >= 15 is 0 Å². The second-order valence-corrected chi connectivity index (χ2v) is 5.71. The van der Waals surface area contributed by atoms with Crippen LogP contribution < -0.4 is 10.6 Å². The summed E-state index contributed by atoms with van der Waals surface area (Å²) in [5.74, 6) is 0.0921. The summed E-state index contributed by atoms with van der Waals surface area (Å²) in [5.41, 5.74) is 0.942. The highest BCUT2D eigenvalue weighted by atomic mass is 16.2. The Hall–Kier alpha value is -1.46. The van der Waals surface area contributed by atoms with Crippen LogP contribution in [0, 0.1) is 0 Å². The van der Waals surface area contributed by atoms with Gasteiger partial charge in [-0.2, -0.15) is 0 Å². The Bertz CT molecular complexity index is 432. The number of piperazine rings is 1. The van der Waals surface area contributed by atoms with Crippen molar-refractivity contribution in [3.05, 3.63) is 30.1 Å². The molecule has 0 bridgehead atoms. The Balaban J connectivity index is 2.15. The summed E-state index contributed by atoms with van der Waals surface area (Å²) in [5, 5.41) is 6.16. The predicted octanol–water partition coefficient (Wildman–Crippen LogP) is 0.380. The van der Waals surface area contributed by atoms with E-state index in [2.05, 4.69) is 34.4 Å². The minimum absolute atomic E-state index is 0.0921. The molecule has 1 unspecified atom stereocenters. The van der Waals surface area contributed by atoms with Crippen molar-refractivity contribution in [2.75, 3.05) is 20.1 Å². The van der Waals surface area contributed by atoms with Crippen LogP contribution in [0.2, 0.25) is 0 Å². The Morgan fingerprint density at radius 1 is 1.58 bits per heavy atom. The minimum atomic E-state index is -0.191. The summed E-state index contributed by atoms with van der Waals surface area (Å²) < 4.78 is 0. The number of hydrogen-bond acceptors (Lipinski definition) is 4. The zero-order valence-electron chi connectivity index (χ0n) is 11.8. The molecule has 1 fully saturated rings. The van der Waals surface area contributed by atoms with E-state index in [0.29, 0.717) is 6.54 Å². The normalized spacial score (nSPS) is 23.1. The third-order valence-corrected chi connectivity index (χ3v) is 3.31. The first-order valence-electron chi connectivity index (χ1n) is 6.61. The Morgan fingerprint density at radius 2 is 2.37 bits per heavy atom. The topological polar surface area (TPSA) is 57.3 Å². The maximum absolute atomic E-state index is 12.2. The SMILES string of the molecule is CNCC1C(=O)NC(C)(C)CN1Cc1cccnc1. The van der Waals surface area contributed by atoms with Crippen molar-refractivity contribution < 1.29 is 4.79 Å². The number of amides is 1. The number of carbonyl (C=O) groups is 1. The van der Waals surface area contributed by atoms with Gasteiger partial charge in [0, 0.05) is 37.6 Å². The molecule has 0 aliphatic carbocycles. The van der Waals surface area contributed by atoms with E-state index in [9.17, 15) is 4.79 Å². The molecule has 0 aromatic carbocycles. The highest BCUT2D eigenvalue weighted by molar-refractivity contribution is 5.83. The summed E-state index contributed by atoms with van der Waals surface area (Å²) in [7, 11) is 1.87. The third kappa shape index (κ3) is 3.52. The number of likely N-dealkylation sites (N-methyl/N-ethyl adjacent to an activating group) is 1. The van der Waals surface area contributed by atoms with Crippen LogP contribution in [0.5, 0.6) is 0 Å². The minimum Gasteiger partial charge on any atom is -0.349 e. The van der Waals surface area contributed by atoms with Gasteiger partial charge in [-0.1, -0.05) is 6.07 Å². The quantitative estimate of drug-likeness (QED) is 0.823. The van der Waals surface area contributed by atoms with Crippen molar-refractivity contribution in [2.24, 2.45) is 0 Å². The average molecular weight is 262 g/mol. The number of nitrogens with zero attached hydrogens (tertiary/aromatic N) is 2. The number of carbonyl (C=O) groups excluding carboxylic acids is 1. The highest BCUT2D eigenvalue weighted by Gasteiger charge is 2.37. The lowest BCUT2D eigenvalue weighted by Gasteiger charge is -2.43. The molecule has 2 N–H and O–H groups in total. The molecule has 5 nitrogen and oxygen atoms in total. The van der Waals surface area contributed by atoms with Crippen molar-refractivity contribution in [1.82, 2.24) is 20.5 Å². The van der Waals surface area contributed by atoms with E-state index in [1.807, 2.05) is 25.4 Å². The molecule has 0 spiro atoms. The second kappa shape index (κ2) is 5.67. The fourth-order valence-corrected chi connectivity index (χ4v) is 2.55. The van der Waals surface area contributed by atoms with Crippen LogP contribution in [0.4, 0.5) is 0 Å². The van der Waals surface area contributed by atoms with Crippen LogP contribution in [-0.2, 0) is 11.3 Å². The highest BCUT2D eigenvalue weighted by Crippen LogP contribution is 2.18. The molecular formula is C14H22N4O. The van der Waals surface area contributed by atoms with Crippen molar-refractivity contribution >= 4 is 5.91 Å². The van der Waals surface area contributed by atoms with Crippen molar-refractivity contribution in [3.63, 3.8) is 0 Å². The smallest absolute Gasteiger partial charge is 0.239 e. The Labute approximate surface area is 114 Å². The molecule has 2 heterocycles. The largest absolute Gasteiger partial charge is 0.349 e. The van der Waals surface area contributed by atoms with Crippen molar-refractivity contribution in [1.29, 1.82) is 0 Å². The fourth-order valence-electron chi connectivity index (χ4n) is 2.55. The molecule has 1 aromatic rings. The molecule has 19 heavy (non-hydrogen) atoms. The lowest BCUT2D eigenvalue weighted by atomic mass is 9.97. The van der Waals surface area contributed by atoms with Gasteiger partial charge in [0.1, 0.15) is 6.04 Å². The van der Waals surface area contributed by atoms with Gasteiger partial charge >= 0.3 is 0 Å². The number of hydrogen-bond donors (Lipinski definition) is 2. The van der Waals surface area contributed by atoms with Crippen LogP contribution in [0.1, 0.15) is 19.4 Å². The third-order valence-electron chi connectivity index (χ3n) is 3.31. The Kier molecular flexibility index (Phi) is 4.17. The van der Waals surface area contributed by atoms with Gasteiger partial charge in [-0.05, 0) is 32.5 Å². The number of rotatable bonds is 4. The molecule has 1 atom stereocenters. The standard InChI is InChI=1S/C14H22N4O/c1-14(2)10-18(9-11-5-4-6-16-7-11)12(8-15-3)13(19)17-14/h4-7,12,15H,8-10H2,1-3H3,(H,17,19). The summed E-state index contributed by atoms with van der Waals surface area (Å²) in [6.45, 7) is 6.34. The number of pyridine rings is 1. The first-order chi connectivity index (χ1) is 9.02. The van der Waals surface area contributed by atoms with Crippen LogP contribution >= 0.6 is 0 Å². The summed E-state index contributed by atoms with van der Waals surface area (Å²) in [6, 6.07) is 3.85. The molecule has 1 amide bonds.